The average molecular weight is 408 g/mol. The number of piperidine rings is 1. The zero-order valence-corrected chi connectivity index (χ0v) is 17.1. The lowest BCUT2D eigenvalue weighted by Crippen LogP contribution is -2.30. The van der Waals surface area contributed by atoms with Crippen LogP contribution in [0.5, 0.6) is 11.5 Å². The Morgan fingerprint density at radius 1 is 1.07 bits per heavy atom. The number of carbonyl (C=O) groups excluding carboxylic acids is 1. The molecular formula is C22H24N4O4. The summed E-state index contributed by atoms with van der Waals surface area (Å²) in [6, 6.07) is 10.7. The summed E-state index contributed by atoms with van der Waals surface area (Å²) in [5.74, 6) is 2.21. The van der Waals surface area contributed by atoms with Crippen molar-refractivity contribution in [1.29, 1.82) is 0 Å². The first-order chi connectivity index (χ1) is 14.7. The van der Waals surface area contributed by atoms with Crippen molar-refractivity contribution in [3.05, 3.63) is 48.3 Å². The van der Waals surface area contributed by atoms with E-state index in [0.29, 0.717) is 28.5 Å². The summed E-state index contributed by atoms with van der Waals surface area (Å²) in [7, 11) is 3.14. The molecule has 1 amide bonds. The Balaban J connectivity index is 1.47. The number of rotatable bonds is 6. The van der Waals surface area contributed by atoms with E-state index in [-0.39, 0.29) is 11.6 Å². The second kappa shape index (κ2) is 8.86. The van der Waals surface area contributed by atoms with Gasteiger partial charge in [-0.1, -0.05) is 5.16 Å². The highest BCUT2D eigenvalue weighted by atomic mass is 16.5. The van der Waals surface area contributed by atoms with Crippen molar-refractivity contribution in [2.75, 3.05) is 37.5 Å². The van der Waals surface area contributed by atoms with Crippen molar-refractivity contribution in [3.63, 3.8) is 0 Å². The largest absolute Gasteiger partial charge is 0.497 e. The molecule has 0 saturated carbocycles. The fraction of sp³-hybridized carbons (Fsp3) is 0.318. The van der Waals surface area contributed by atoms with Gasteiger partial charge in [0.05, 0.1) is 31.7 Å². The number of aromatic nitrogens is 2. The van der Waals surface area contributed by atoms with E-state index < -0.39 is 0 Å². The molecule has 1 N–H and O–H groups in total. The molecule has 30 heavy (non-hydrogen) atoms. The number of amides is 1. The molecule has 0 atom stereocenters. The predicted molar refractivity (Wildman–Crippen MR) is 113 cm³/mol. The van der Waals surface area contributed by atoms with E-state index in [2.05, 4.69) is 20.4 Å². The van der Waals surface area contributed by atoms with Gasteiger partial charge in [0.2, 0.25) is 0 Å². The summed E-state index contributed by atoms with van der Waals surface area (Å²) in [4.78, 5) is 19.3. The fourth-order valence-electron chi connectivity index (χ4n) is 3.48. The molecule has 1 aliphatic rings. The number of nitrogens with one attached hydrogen (secondary N) is 1. The Morgan fingerprint density at radius 3 is 2.60 bits per heavy atom. The van der Waals surface area contributed by atoms with Gasteiger partial charge < -0.3 is 24.2 Å². The van der Waals surface area contributed by atoms with Crippen LogP contribution in [0.15, 0.2) is 47.1 Å². The van der Waals surface area contributed by atoms with Crippen molar-refractivity contribution < 1.29 is 18.8 Å². The van der Waals surface area contributed by atoms with Crippen LogP contribution in [0, 0.1) is 0 Å². The summed E-state index contributed by atoms with van der Waals surface area (Å²) in [6.07, 6.45) is 5.30. The van der Waals surface area contributed by atoms with Crippen molar-refractivity contribution in [3.8, 4) is 22.8 Å². The van der Waals surface area contributed by atoms with Gasteiger partial charge in [0.15, 0.2) is 11.5 Å². The molecular weight excluding hydrogens is 384 g/mol. The van der Waals surface area contributed by atoms with Crippen LogP contribution in [0.25, 0.3) is 11.3 Å². The van der Waals surface area contributed by atoms with Crippen molar-refractivity contribution in [1.82, 2.24) is 10.1 Å². The number of ether oxygens (including phenoxy) is 2. The molecule has 8 heteroatoms. The second-order valence-corrected chi connectivity index (χ2v) is 7.05. The molecule has 2 aromatic heterocycles. The van der Waals surface area contributed by atoms with E-state index in [4.69, 9.17) is 14.0 Å². The van der Waals surface area contributed by atoms with Gasteiger partial charge in [-0.2, -0.15) is 0 Å². The highest BCUT2D eigenvalue weighted by Gasteiger charge is 2.18. The number of anilines is 2. The minimum Gasteiger partial charge on any atom is -0.497 e. The van der Waals surface area contributed by atoms with E-state index in [9.17, 15) is 4.79 Å². The fourth-order valence-corrected chi connectivity index (χ4v) is 3.48. The Bertz CT molecular complexity index is 1010. The summed E-state index contributed by atoms with van der Waals surface area (Å²) in [6.45, 7) is 2.04. The lowest BCUT2D eigenvalue weighted by molar-refractivity contribution is 0.101. The molecule has 8 nitrogen and oxygen atoms in total. The van der Waals surface area contributed by atoms with Crippen LogP contribution in [0.2, 0.25) is 0 Å². The van der Waals surface area contributed by atoms with Crippen LogP contribution in [0.3, 0.4) is 0 Å². The lowest BCUT2D eigenvalue weighted by Gasteiger charge is -2.27. The molecule has 0 spiro atoms. The van der Waals surface area contributed by atoms with Gasteiger partial charge in [0.1, 0.15) is 17.3 Å². The monoisotopic (exact) mass is 408 g/mol. The summed E-state index contributed by atoms with van der Waals surface area (Å²) >= 11 is 0. The lowest BCUT2D eigenvalue weighted by atomic mass is 10.1. The highest BCUT2D eigenvalue weighted by Crippen LogP contribution is 2.33. The standard InChI is InChI=1S/C22H24N4O4/c1-28-16-7-8-19(29-2)17(12-16)20-13-18(25-30-20)22(27)24-15-6-9-21(23-14-15)26-10-4-3-5-11-26/h6-9,12-14H,3-5,10-11H2,1-2H3,(H,24,27). The van der Waals surface area contributed by atoms with E-state index in [1.807, 2.05) is 12.1 Å². The molecule has 0 bridgehead atoms. The van der Waals surface area contributed by atoms with E-state index in [0.717, 1.165) is 18.9 Å². The average Bonchev–Trinajstić information content (AvgIpc) is 3.30. The van der Waals surface area contributed by atoms with Gasteiger partial charge in [0, 0.05) is 19.2 Å². The Labute approximate surface area is 174 Å². The van der Waals surface area contributed by atoms with Crippen LogP contribution >= 0.6 is 0 Å². The quantitative estimate of drug-likeness (QED) is 0.659. The maximum absolute atomic E-state index is 12.6. The molecule has 1 aliphatic heterocycles. The second-order valence-electron chi connectivity index (χ2n) is 7.05. The number of benzene rings is 1. The number of methoxy groups -OCH3 is 2. The Kier molecular flexibility index (Phi) is 5.83. The third-order valence-electron chi connectivity index (χ3n) is 5.10. The third kappa shape index (κ3) is 4.22. The number of pyridine rings is 1. The van der Waals surface area contributed by atoms with Crippen LogP contribution in [-0.4, -0.2) is 43.4 Å². The molecule has 3 aromatic rings. The Hall–Kier alpha value is -3.55. The molecule has 0 unspecified atom stereocenters. The molecule has 1 aromatic carbocycles. The first-order valence-corrected chi connectivity index (χ1v) is 9.89. The molecule has 0 radical (unpaired) electrons. The van der Waals surface area contributed by atoms with Crippen molar-refractivity contribution in [2.24, 2.45) is 0 Å². The summed E-state index contributed by atoms with van der Waals surface area (Å²) in [5, 5.41) is 6.70. The SMILES string of the molecule is COc1ccc(OC)c(-c2cc(C(=O)Nc3ccc(N4CCCCC4)nc3)no2)c1. The number of carbonyl (C=O) groups is 1. The molecule has 3 heterocycles. The molecule has 1 saturated heterocycles. The number of hydrogen-bond acceptors (Lipinski definition) is 7. The summed E-state index contributed by atoms with van der Waals surface area (Å²) in [5.41, 5.74) is 1.41. The van der Waals surface area contributed by atoms with E-state index in [1.54, 1.807) is 44.7 Å². The zero-order valence-electron chi connectivity index (χ0n) is 17.1. The van der Waals surface area contributed by atoms with Crippen LogP contribution in [-0.2, 0) is 0 Å². The van der Waals surface area contributed by atoms with Crippen LogP contribution < -0.4 is 19.7 Å². The zero-order chi connectivity index (χ0) is 20.9. The van der Waals surface area contributed by atoms with Crippen molar-refractivity contribution in [2.45, 2.75) is 19.3 Å². The minimum atomic E-state index is -0.376. The topological polar surface area (TPSA) is 89.7 Å². The summed E-state index contributed by atoms with van der Waals surface area (Å²) < 4.78 is 16.0. The first-order valence-electron chi connectivity index (χ1n) is 9.89. The van der Waals surface area contributed by atoms with Crippen molar-refractivity contribution >= 4 is 17.4 Å². The molecule has 0 aliphatic carbocycles. The van der Waals surface area contributed by atoms with E-state index in [1.165, 1.54) is 19.3 Å². The smallest absolute Gasteiger partial charge is 0.277 e. The van der Waals surface area contributed by atoms with Crippen LogP contribution in [0.4, 0.5) is 11.5 Å². The highest BCUT2D eigenvalue weighted by molar-refractivity contribution is 6.03. The van der Waals surface area contributed by atoms with Gasteiger partial charge >= 0.3 is 0 Å². The minimum absolute atomic E-state index is 0.162. The van der Waals surface area contributed by atoms with E-state index >= 15 is 0 Å². The van der Waals surface area contributed by atoms with Gasteiger partial charge in [-0.3, -0.25) is 4.79 Å². The molecule has 156 valence electrons. The van der Waals surface area contributed by atoms with Crippen LogP contribution in [0.1, 0.15) is 29.8 Å². The maximum Gasteiger partial charge on any atom is 0.277 e. The number of hydrogen-bond donors (Lipinski definition) is 1. The molecule has 4 rings (SSSR count). The van der Waals surface area contributed by atoms with Gasteiger partial charge in [-0.05, 0) is 49.6 Å². The van der Waals surface area contributed by atoms with Gasteiger partial charge in [-0.15, -0.1) is 0 Å². The Morgan fingerprint density at radius 2 is 1.90 bits per heavy atom. The predicted octanol–water partition coefficient (Wildman–Crippen LogP) is 4.00. The third-order valence-corrected chi connectivity index (χ3v) is 5.10. The molecule has 1 fully saturated rings. The number of nitrogens with zero attached hydrogens (tertiary/aromatic N) is 3. The van der Waals surface area contributed by atoms with Gasteiger partial charge in [0.25, 0.3) is 5.91 Å². The maximum atomic E-state index is 12.6. The van der Waals surface area contributed by atoms with Gasteiger partial charge in [-0.25, -0.2) is 4.98 Å². The first kappa shape index (κ1) is 19.8. The normalized spacial score (nSPS) is 13.7.